The van der Waals surface area contributed by atoms with Crippen LogP contribution in [0.4, 0.5) is 0 Å². The van der Waals surface area contributed by atoms with Crippen LogP contribution < -0.4 is 0 Å². The van der Waals surface area contributed by atoms with Crippen molar-refractivity contribution in [2.24, 2.45) is 0 Å². The summed E-state index contributed by atoms with van der Waals surface area (Å²) in [5.74, 6) is 0.722. The van der Waals surface area contributed by atoms with Crippen molar-refractivity contribution < 1.29 is 0 Å². The molecular formula is C51H36N2. The molecule has 1 heterocycles. The quantitative estimate of drug-likeness (QED) is 0.181. The van der Waals surface area contributed by atoms with E-state index in [1.54, 1.807) is 0 Å². The van der Waals surface area contributed by atoms with Gasteiger partial charge in [0.1, 0.15) is 0 Å². The Morgan fingerprint density at radius 1 is 0.340 bits per heavy atom. The fraction of sp³-hybridized carbons (Fsp3) is 0.0588. The summed E-state index contributed by atoms with van der Waals surface area (Å²) in [6.45, 7) is 4.69. The maximum absolute atomic E-state index is 5.26. The zero-order valence-electron chi connectivity index (χ0n) is 29.7. The van der Waals surface area contributed by atoms with Crippen LogP contribution in [0.25, 0.3) is 88.8 Å². The first-order valence-corrected chi connectivity index (χ1v) is 18.3. The highest BCUT2D eigenvalue weighted by Crippen LogP contribution is 2.53. The van der Waals surface area contributed by atoms with Crippen LogP contribution in [0.5, 0.6) is 0 Å². The molecule has 2 heteroatoms. The number of hydrogen-bond acceptors (Lipinski definition) is 2. The molecule has 0 spiro atoms. The summed E-state index contributed by atoms with van der Waals surface area (Å²) in [7, 11) is 0. The number of fused-ring (bicyclic) bond motifs is 5. The molecule has 1 aliphatic rings. The van der Waals surface area contributed by atoms with Crippen molar-refractivity contribution in [2.75, 3.05) is 0 Å². The van der Waals surface area contributed by atoms with Crippen molar-refractivity contribution in [3.63, 3.8) is 0 Å². The third-order valence-corrected chi connectivity index (χ3v) is 11.1. The van der Waals surface area contributed by atoms with Crippen molar-refractivity contribution in [1.29, 1.82) is 0 Å². The van der Waals surface area contributed by atoms with Crippen LogP contribution in [0.15, 0.2) is 182 Å². The van der Waals surface area contributed by atoms with E-state index in [0.717, 1.165) is 33.9 Å². The standard InChI is InChI=1S/C51H36N2/c1-51(2)45-18-10-17-43(49(45)44-30-40-15-8-9-16-41(40)31-46(44)51)48-32-47(52-50(53-48)38-12-4-3-5-13-38)37-26-23-35(24-27-37)34-19-21-36(22-20-34)42-28-25-33-11-6-7-14-39(33)29-42/h3-32H,1-2H3. The van der Waals surface area contributed by atoms with E-state index in [0.29, 0.717) is 0 Å². The van der Waals surface area contributed by atoms with E-state index in [9.17, 15) is 0 Å². The molecule has 0 N–H and O–H groups in total. The molecule has 0 amide bonds. The summed E-state index contributed by atoms with van der Waals surface area (Å²) in [4.78, 5) is 10.4. The van der Waals surface area contributed by atoms with Crippen molar-refractivity contribution in [1.82, 2.24) is 9.97 Å². The van der Waals surface area contributed by atoms with E-state index in [1.807, 2.05) is 6.07 Å². The summed E-state index contributed by atoms with van der Waals surface area (Å²) in [5, 5.41) is 5.04. The van der Waals surface area contributed by atoms with E-state index in [2.05, 4.69) is 190 Å². The largest absolute Gasteiger partial charge is 0.228 e. The molecule has 53 heavy (non-hydrogen) atoms. The number of aromatic nitrogens is 2. The normalized spacial score (nSPS) is 12.9. The molecule has 1 aliphatic carbocycles. The lowest BCUT2D eigenvalue weighted by Crippen LogP contribution is -2.14. The van der Waals surface area contributed by atoms with Gasteiger partial charge in [-0.2, -0.15) is 0 Å². The fourth-order valence-corrected chi connectivity index (χ4v) is 8.19. The van der Waals surface area contributed by atoms with Gasteiger partial charge in [0.15, 0.2) is 5.82 Å². The molecule has 0 radical (unpaired) electrons. The van der Waals surface area contributed by atoms with Crippen molar-refractivity contribution in [3.05, 3.63) is 193 Å². The number of rotatable bonds is 5. The van der Waals surface area contributed by atoms with Gasteiger partial charge in [-0.25, -0.2) is 9.97 Å². The summed E-state index contributed by atoms with van der Waals surface area (Å²) < 4.78 is 0. The minimum absolute atomic E-state index is 0.133. The maximum Gasteiger partial charge on any atom is 0.160 e. The van der Waals surface area contributed by atoms with Crippen LogP contribution in [-0.2, 0) is 5.41 Å². The predicted molar refractivity (Wildman–Crippen MR) is 222 cm³/mol. The van der Waals surface area contributed by atoms with Gasteiger partial charge < -0.3 is 0 Å². The Kier molecular flexibility index (Phi) is 7.19. The first-order valence-electron chi connectivity index (χ1n) is 18.3. The zero-order chi connectivity index (χ0) is 35.5. The number of hydrogen-bond donors (Lipinski definition) is 0. The molecule has 0 aliphatic heterocycles. The highest BCUT2D eigenvalue weighted by Gasteiger charge is 2.37. The van der Waals surface area contributed by atoms with Gasteiger partial charge >= 0.3 is 0 Å². The Bertz CT molecular complexity index is 2830. The molecule has 1 aromatic heterocycles. The van der Waals surface area contributed by atoms with Crippen LogP contribution in [-0.4, -0.2) is 9.97 Å². The van der Waals surface area contributed by atoms with Crippen molar-refractivity contribution in [2.45, 2.75) is 19.3 Å². The Morgan fingerprint density at radius 2 is 0.887 bits per heavy atom. The molecule has 0 atom stereocenters. The topological polar surface area (TPSA) is 25.8 Å². The summed E-state index contributed by atoms with van der Waals surface area (Å²) in [6.07, 6.45) is 0. The van der Waals surface area contributed by atoms with E-state index >= 15 is 0 Å². The Labute approximate surface area is 310 Å². The smallest absolute Gasteiger partial charge is 0.160 e. The van der Waals surface area contributed by atoms with Crippen molar-refractivity contribution >= 4 is 21.5 Å². The second-order valence-electron chi connectivity index (χ2n) is 14.6. The highest BCUT2D eigenvalue weighted by molar-refractivity contribution is 5.98. The fourth-order valence-electron chi connectivity index (χ4n) is 8.19. The Hall–Kier alpha value is -6.64. The second-order valence-corrected chi connectivity index (χ2v) is 14.6. The second kappa shape index (κ2) is 12.3. The van der Waals surface area contributed by atoms with Gasteiger partial charge in [0.05, 0.1) is 11.4 Å². The SMILES string of the molecule is CC1(C)c2cc3ccccc3cc2-c2c(-c3cc(-c4ccc(-c5ccc(-c6ccc7ccccc7c6)cc5)cc4)nc(-c4ccccc4)n3)cccc21. The molecule has 8 aromatic carbocycles. The molecule has 0 saturated heterocycles. The molecule has 0 bridgehead atoms. The third-order valence-electron chi connectivity index (χ3n) is 11.1. The van der Waals surface area contributed by atoms with Crippen molar-refractivity contribution in [3.8, 4) is 67.3 Å². The number of benzene rings is 8. The first kappa shape index (κ1) is 31.1. The first-order chi connectivity index (χ1) is 26.0. The average molecular weight is 677 g/mol. The lowest BCUT2D eigenvalue weighted by Gasteiger charge is -2.22. The third kappa shape index (κ3) is 5.34. The molecular weight excluding hydrogens is 641 g/mol. The summed E-state index contributed by atoms with van der Waals surface area (Å²) in [6, 6.07) is 65.5. The van der Waals surface area contributed by atoms with Crippen LogP contribution in [0.1, 0.15) is 25.0 Å². The summed E-state index contributed by atoms with van der Waals surface area (Å²) in [5.41, 5.74) is 14.9. The summed E-state index contributed by atoms with van der Waals surface area (Å²) >= 11 is 0. The van der Waals surface area contributed by atoms with Gasteiger partial charge in [-0.3, -0.25) is 0 Å². The van der Waals surface area contributed by atoms with Crippen LogP contribution in [0.2, 0.25) is 0 Å². The highest BCUT2D eigenvalue weighted by atomic mass is 14.9. The van der Waals surface area contributed by atoms with Gasteiger partial charge in [-0.05, 0) is 90.3 Å². The van der Waals surface area contributed by atoms with Gasteiger partial charge in [-0.15, -0.1) is 0 Å². The Balaban J connectivity index is 1.05. The van der Waals surface area contributed by atoms with Crippen LogP contribution in [0, 0.1) is 0 Å². The van der Waals surface area contributed by atoms with E-state index < -0.39 is 0 Å². The van der Waals surface area contributed by atoms with E-state index in [1.165, 1.54) is 66.1 Å². The van der Waals surface area contributed by atoms with E-state index in [-0.39, 0.29) is 5.41 Å². The average Bonchev–Trinajstić information content (AvgIpc) is 3.45. The molecule has 9 aromatic rings. The molecule has 2 nitrogen and oxygen atoms in total. The van der Waals surface area contributed by atoms with Gasteiger partial charge in [0.2, 0.25) is 0 Å². The minimum atomic E-state index is -0.133. The van der Waals surface area contributed by atoms with E-state index in [4.69, 9.17) is 9.97 Å². The maximum atomic E-state index is 5.26. The minimum Gasteiger partial charge on any atom is -0.228 e. The molecule has 0 unspecified atom stereocenters. The monoisotopic (exact) mass is 676 g/mol. The predicted octanol–water partition coefficient (Wildman–Crippen LogP) is 13.4. The van der Waals surface area contributed by atoms with Gasteiger partial charge in [0.25, 0.3) is 0 Å². The Morgan fingerprint density at radius 3 is 1.58 bits per heavy atom. The molecule has 0 fully saturated rings. The molecule has 10 rings (SSSR count). The molecule has 0 saturated carbocycles. The van der Waals surface area contributed by atoms with Gasteiger partial charge in [0, 0.05) is 22.1 Å². The van der Waals surface area contributed by atoms with Crippen LogP contribution >= 0.6 is 0 Å². The van der Waals surface area contributed by atoms with Crippen LogP contribution in [0.3, 0.4) is 0 Å². The lowest BCUT2D eigenvalue weighted by atomic mass is 9.81. The van der Waals surface area contributed by atoms with Gasteiger partial charge in [-0.1, -0.05) is 172 Å². The zero-order valence-corrected chi connectivity index (χ0v) is 29.7. The molecule has 250 valence electrons. The lowest BCUT2D eigenvalue weighted by molar-refractivity contribution is 0.661. The number of nitrogens with zero attached hydrogens (tertiary/aromatic N) is 2.